The van der Waals surface area contributed by atoms with E-state index in [0.29, 0.717) is 5.56 Å². The van der Waals surface area contributed by atoms with Crippen molar-refractivity contribution >= 4 is 29.0 Å². The van der Waals surface area contributed by atoms with E-state index in [1.807, 2.05) is 12.1 Å². The maximum atomic E-state index is 12.5. The molecule has 1 fully saturated rings. The first-order chi connectivity index (χ1) is 9.09. The molecule has 1 aliphatic heterocycles. The van der Waals surface area contributed by atoms with Gasteiger partial charge in [0.1, 0.15) is 0 Å². The first-order valence-corrected chi connectivity index (χ1v) is 6.74. The van der Waals surface area contributed by atoms with Gasteiger partial charge in [-0.2, -0.15) is 0 Å². The molecule has 5 heteroatoms. The van der Waals surface area contributed by atoms with Crippen molar-refractivity contribution in [3.63, 3.8) is 0 Å². The van der Waals surface area contributed by atoms with Crippen LogP contribution in [0.1, 0.15) is 28.8 Å². The highest BCUT2D eigenvalue weighted by Gasteiger charge is 2.44. The summed E-state index contributed by atoms with van der Waals surface area (Å²) >= 11 is 5.05. The van der Waals surface area contributed by atoms with Gasteiger partial charge in [-0.1, -0.05) is 30.4 Å². The summed E-state index contributed by atoms with van der Waals surface area (Å²) in [5, 5.41) is 0. The summed E-state index contributed by atoms with van der Waals surface area (Å²) in [4.78, 5) is 26.3. The topological polar surface area (TPSA) is 63.4 Å². The number of hydrogen-bond acceptors (Lipinski definition) is 3. The highest BCUT2D eigenvalue weighted by atomic mass is 32.1. The fraction of sp³-hybridized carbons (Fsp3) is 0.357. The lowest BCUT2D eigenvalue weighted by atomic mass is 9.96. The summed E-state index contributed by atoms with van der Waals surface area (Å²) < 4.78 is 0. The molecule has 1 heterocycles. The first-order valence-electron chi connectivity index (χ1n) is 6.33. The van der Waals surface area contributed by atoms with Crippen LogP contribution < -0.4 is 5.73 Å². The minimum absolute atomic E-state index is 0.201. The molecule has 19 heavy (non-hydrogen) atoms. The average Bonchev–Trinajstić information content (AvgIpc) is 3.18. The van der Waals surface area contributed by atoms with Gasteiger partial charge in [0.05, 0.1) is 17.5 Å². The fourth-order valence-corrected chi connectivity index (χ4v) is 2.94. The number of carbonyl (C=O) groups excluding carboxylic acids is 2. The van der Waals surface area contributed by atoms with Gasteiger partial charge in [0.25, 0.3) is 5.91 Å². The largest absolute Gasteiger partial charge is 0.392 e. The molecule has 0 spiro atoms. The molecule has 1 unspecified atom stereocenters. The van der Waals surface area contributed by atoms with Crippen LogP contribution >= 0.6 is 12.2 Å². The Morgan fingerprint density at radius 2 is 2.00 bits per heavy atom. The van der Waals surface area contributed by atoms with E-state index in [9.17, 15) is 9.59 Å². The quantitative estimate of drug-likeness (QED) is 0.666. The van der Waals surface area contributed by atoms with Crippen LogP contribution in [0.2, 0.25) is 0 Å². The van der Waals surface area contributed by atoms with E-state index in [1.54, 1.807) is 12.1 Å². The SMILES string of the molecule is NC(=S)C(C1CC1)N1C(=O)Cc2ccccc2C1=O. The Kier molecular flexibility index (Phi) is 2.86. The van der Waals surface area contributed by atoms with Gasteiger partial charge in [-0.3, -0.25) is 14.5 Å². The number of hydrogen-bond donors (Lipinski definition) is 1. The van der Waals surface area contributed by atoms with Crippen molar-refractivity contribution < 1.29 is 9.59 Å². The zero-order valence-electron chi connectivity index (χ0n) is 10.3. The fourth-order valence-electron chi connectivity index (χ4n) is 2.64. The van der Waals surface area contributed by atoms with E-state index in [0.717, 1.165) is 18.4 Å². The molecule has 2 N–H and O–H groups in total. The Morgan fingerprint density at radius 1 is 1.32 bits per heavy atom. The molecule has 0 saturated heterocycles. The molecule has 1 aromatic rings. The Morgan fingerprint density at radius 3 is 2.63 bits per heavy atom. The third kappa shape index (κ3) is 2.04. The van der Waals surface area contributed by atoms with E-state index in [2.05, 4.69) is 0 Å². The van der Waals surface area contributed by atoms with Crippen LogP contribution in [0.5, 0.6) is 0 Å². The van der Waals surface area contributed by atoms with Crippen LogP contribution in [0, 0.1) is 5.92 Å². The summed E-state index contributed by atoms with van der Waals surface area (Å²) in [6.45, 7) is 0. The Hall–Kier alpha value is -1.75. The van der Waals surface area contributed by atoms with E-state index in [-0.39, 0.29) is 29.1 Å². The molecule has 1 saturated carbocycles. The molecule has 2 aliphatic rings. The molecule has 0 aromatic heterocycles. The van der Waals surface area contributed by atoms with Crippen LogP contribution in [-0.4, -0.2) is 27.7 Å². The van der Waals surface area contributed by atoms with Crippen molar-refractivity contribution in [3.8, 4) is 0 Å². The lowest BCUT2D eigenvalue weighted by Gasteiger charge is -2.33. The van der Waals surface area contributed by atoms with E-state index < -0.39 is 6.04 Å². The lowest BCUT2D eigenvalue weighted by molar-refractivity contribution is -0.129. The van der Waals surface area contributed by atoms with Crippen LogP contribution in [-0.2, 0) is 11.2 Å². The van der Waals surface area contributed by atoms with Crippen LogP contribution in [0.3, 0.4) is 0 Å². The number of benzene rings is 1. The minimum Gasteiger partial charge on any atom is -0.392 e. The average molecular weight is 274 g/mol. The molecular formula is C14H14N2O2S. The highest BCUT2D eigenvalue weighted by Crippen LogP contribution is 2.37. The Labute approximate surface area is 116 Å². The maximum absolute atomic E-state index is 12.5. The molecule has 0 radical (unpaired) electrons. The lowest BCUT2D eigenvalue weighted by Crippen LogP contribution is -2.54. The van der Waals surface area contributed by atoms with Crippen molar-refractivity contribution in [2.45, 2.75) is 25.3 Å². The maximum Gasteiger partial charge on any atom is 0.261 e. The van der Waals surface area contributed by atoms with Gasteiger partial charge in [-0.25, -0.2) is 0 Å². The zero-order chi connectivity index (χ0) is 13.6. The second-order valence-corrected chi connectivity index (χ2v) is 5.56. The van der Waals surface area contributed by atoms with Gasteiger partial charge in [0, 0.05) is 5.56 Å². The summed E-state index contributed by atoms with van der Waals surface area (Å²) in [7, 11) is 0. The van der Waals surface area contributed by atoms with Gasteiger partial charge >= 0.3 is 0 Å². The number of thiocarbonyl (C=S) groups is 1. The Bertz CT molecular complexity index is 581. The van der Waals surface area contributed by atoms with Crippen molar-refractivity contribution in [3.05, 3.63) is 35.4 Å². The molecule has 3 rings (SSSR count). The summed E-state index contributed by atoms with van der Waals surface area (Å²) in [5.74, 6) is -0.222. The van der Waals surface area contributed by atoms with Crippen LogP contribution in [0.25, 0.3) is 0 Å². The summed E-state index contributed by atoms with van der Waals surface area (Å²) in [6, 6.07) is 6.79. The second-order valence-electron chi connectivity index (χ2n) is 5.09. The highest BCUT2D eigenvalue weighted by molar-refractivity contribution is 7.80. The number of amides is 2. The molecule has 2 amide bonds. The monoisotopic (exact) mass is 274 g/mol. The third-order valence-corrected chi connectivity index (χ3v) is 3.96. The van der Waals surface area contributed by atoms with Gasteiger partial charge in [0.2, 0.25) is 5.91 Å². The summed E-state index contributed by atoms with van der Waals surface area (Å²) in [5.41, 5.74) is 7.11. The van der Waals surface area contributed by atoms with Crippen molar-refractivity contribution in [1.82, 2.24) is 4.90 Å². The smallest absolute Gasteiger partial charge is 0.261 e. The van der Waals surface area contributed by atoms with Crippen molar-refractivity contribution in [2.24, 2.45) is 11.7 Å². The number of carbonyl (C=O) groups is 2. The second kappa shape index (κ2) is 4.42. The number of nitrogens with zero attached hydrogens (tertiary/aromatic N) is 1. The van der Waals surface area contributed by atoms with E-state index in [1.165, 1.54) is 4.90 Å². The van der Waals surface area contributed by atoms with Gasteiger partial charge < -0.3 is 5.73 Å². The van der Waals surface area contributed by atoms with Crippen LogP contribution in [0.4, 0.5) is 0 Å². The van der Waals surface area contributed by atoms with Crippen LogP contribution in [0.15, 0.2) is 24.3 Å². The zero-order valence-corrected chi connectivity index (χ0v) is 11.2. The van der Waals surface area contributed by atoms with E-state index >= 15 is 0 Å². The molecule has 1 aromatic carbocycles. The predicted molar refractivity (Wildman–Crippen MR) is 74.6 cm³/mol. The number of imide groups is 1. The molecule has 98 valence electrons. The van der Waals surface area contributed by atoms with Crippen molar-refractivity contribution in [1.29, 1.82) is 0 Å². The van der Waals surface area contributed by atoms with Gasteiger partial charge in [0.15, 0.2) is 0 Å². The molecule has 1 aliphatic carbocycles. The Balaban J connectivity index is 2.01. The van der Waals surface area contributed by atoms with Gasteiger partial charge in [-0.05, 0) is 30.4 Å². The number of rotatable bonds is 3. The number of fused-ring (bicyclic) bond motifs is 1. The number of nitrogens with two attached hydrogens (primary N) is 1. The normalized spacial score (nSPS) is 20.1. The summed E-state index contributed by atoms with van der Waals surface area (Å²) in [6.07, 6.45) is 2.19. The van der Waals surface area contributed by atoms with Crippen molar-refractivity contribution in [2.75, 3.05) is 0 Å². The molecular weight excluding hydrogens is 260 g/mol. The standard InChI is InChI=1S/C14H14N2O2S/c15-13(19)12(8-5-6-8)16-11(17)7-9-3-1-2-4-10(9)14(16)18/h1-4,8,12H,5-7H2,(H2,15,19). The molecule has 1 atom stereocenters. The predicted octanol–water partition coefficient (Wildman–Crippen LogP) is 1.28. The molecule has 4 nitrogen and oxygen atoms in total. The van der Waals surface area contributed by atoms with E-state index in [4.69, 9.17) is 18.0 Å². The minimum atomic E-state index is -0.414. The van der Waals surface area contributed by atoms with Gasteiger partial charge in [-0.15, -0.1) is 0 Å². The third-order valence-electron chi connectivity index (χ3n) is 3.72. The molecule has 0 bridgehead atoms. The first kappa shape index (κ1) is 12.3.